The van der Waals surface area contributed by atoms with Gasteiger partial charge in [-0.05, 0) is 29.8 Å². The van der Waals surface area contributed by atoms with Crippen molar-refractivity contribution in [3.05, 3.63) is 76.7 Å². The van der Waals surface area contributed by atoms with E-state index in [1.165, 1.54) is 4.40 Å². The Kier molecular flexibility index (Phi) is 3.31. The van der Waals surface area contributed by atoms with Crippen LogP contribution in [-0.2, 0) is 4.74 Å². The van der Waals surface area contributed by atoms with E-state index in [1.54, 1.807) is 19.2 Å². The van der Waals surface area contributed by atoms with Gasteiger partial charge in [0, 0.05) is 17.0 Å². The molecule has 4 aromatic rings. The fraction of sp³-hybridized carbons (Fsp3) is 0.100. The van der Waals surface area contributed by atoms with Crippen molar-refractivity contribution in [3.8, 4) is 0 Å². The minimum Gasteiger partial charge on any atom is -0.462 e. The number of hydrogen-bond donors (Lipinski definition) is 0. The van der Waals surface area contributed by atoms with E-state index in [2.05, 4.69) is 0 Å². The molecular weight excluding hydrogens is 302 g/mol. The zero-order valence-electron chi connectivity index (χ0n) is 13.2. The third-order valence-electron chi connectivity index (χ3n) is 4.23. The average Bonchev–Trinajstić information content (AvgIpc) is 2.62. The van der Waals surface area contributed by atoms with Crippen molar-refractivity contribution < 1.29 is 9.53 Å². The summed E-state index contributed by atoms with van der Waals surface area (Å²) in [6, 6.07) is 17.3. The molecule has 4 nitrogen and oxygen atoms in total. The lowest BCUT2D eigenvalue weighted by atomic mass is 9.98. The zero-order valence-corrected chi connectivity index (χ0v) is 13.2. The number of aromatic nitrogens is 1. The average molecular weight is 317 g/mol. The second kappa shape index (κ2) is 5.49. The minimum atomic E-state index is -0.582. The van der Waals surface area contributed by atoms with Gasteiger partial charge in [-0.3, -0.25) is 9.20 Å². The van der Waals surface area contributed by atoms with Crippen molar-refractivity contribution in [1.82, 2.24) is 4.40 Å². The van der Waals surface area contributed by atoms with Crippen molar-refractivity contribution in [2.24, 2.45) is 0 Å². The van der Waals surface area contributed by atoms with Crippen molar-refractivity contribution in [2.45, 2.75) is 6.92 Å². The van der Waals surface area contributed by atoms with Crippen LogP contribution in [0.25, 0.3) is 27.1 Å². The van der Waals surface area contributed by atoms with E-state index in [9.17, 15) is 9.59 Å². The molecule has 0 bridgehead atoms. The van der Waals surface area contributed by atoms with Crippen LogP contribution in [0.15, 0.2) is 65.6 Å². The molecule has 118 valence electrons. The number of carbonyl (C=O) groups excluding carboxylic acids is 1. The highest BCUT2D eigenvalue weighted by molar-refractivity contribution is 6.19. The van der Waals surface area contributed by atoms with Crippen molar-refractivity contribution in [3.63, 3.8) is 0 Å². The summed E-state index contributed by atoms with van der Waals surface area (Å²) in [6.45, 7) is 1.96. The largest absolute Gasteiger partial charge is 0.462 e. The van der Waals surface area contributed by atoms with Gasteiger partial charge in [0.2, 0.25) is 0 Å². The molecule has 0 aliphatic heterocycles. The van der Waals surface area contributed by atoms with E-state index in [0.29, 0.717) is 5.39 Å². The van der Waals surface area contributed by atoms with Crippen molar-refractivity contribution in [1.29, 1.82) is 0 Å². The molecule has 0 fully saturated rings. The quantitative estimate of drug-likeness (QED) is 0.417. The van der Waals surface area contributed by atoms with Gasteiger partial charge in [0.25, 0.3) is 5.56 Å². The van der Waals surface area contributed by atoms with E-state index in [4.69, 9.17) is 4.74 Å². The zero-order chi connectivity index (χ0) is 16.7. The van der Waals surface area contributed by atoms with Crippen LogP contribution < -0.4 is 5.56 Å². The lowest BCUT2D eigenvalue weighted by Crippen LogP contribution is -2.24. The van der Waals surface area contributed by atoms with Crippen LogP contribution in [0, 0.1) is 0 Å². The first-order chi connectivity index (χ1) is 11.7. The molecular formula is C20H15NO3. The van der Waals surface area contributed by atoms with Gasteiger partial charge >= 0.3 is 5.97 Å². The van der Waals surface area contributed by atoms with Gasteiger partial charge in [-0.2, -0.15) is 0 Å². The first-order valence-corrected chi connectivity index (χ1v) is 7.84. The molecule has 4 heteroatoms. The van der Waals surface area contributed by atoms with Crippen LogP contribution >= 0.6 is 0 Å². The summed E-state index contributed by atoms with van der Waals surface area (Å²) in [5.41, 5.74) is 0.510. The third-order valence-corrected chi connectivity index (χ3v) is 4.23. The molecule has 0 aliphatic rings. The Bertz CT molecular complexity index is 1160. The first-order valence-electron chi connectivity index (χ1n) is 7.84. The van der Waals surface area contributed by atoms with E-state index < -0.39 is 5.97 Å². The molecule has 0 aliphatic carbocycles. The number of ether oxygens (including phenoxy) is 1. The highest BCUT2D eigenvalue weighted by Crippen LogP contribution is 2.30. The second-order valence-corrected chi connectivity index (χ2v) is 5.57. The normalized spacial score (nSPS) is 11.2. The van der Waals surface area contributed by atoms with Crippen molar-refractivity contribution >= 4 is 33.0 Å². The standard InChI is InChI=1S/C20H15NO3/c1-2-24-20(23)18-15-11-10-13-7-3-4-8-14(13)17(15)16-9-5-6-12-21(16)19(18)22/h3-12H,2H2,1H3. The summed E-state index contributed by atoms with van der Waals surface area (Å²) < 4.78 is 6.64. The molecule has 24 heavy (non-hydrogen) atoms. The Labute approximate surface area is 137 Å². The molecule has 2 aromatic carbocycles. The van der Waals surface area contributed by atoms with Crippen LogP contribution in [0.1, 0.15) is 17.3 Å². The molecule has 0 unspecified atom stereocenters. The molecule has 0 saturated heterocycles. The summed E-state index contributed by atoms with van der Waals surface area (Å²) in [5, 5.41) is 3.58. The Balaban J connectivity index is 2.31. The Morgan fingerprint density at radius 2 is 1.79 bits per heavy atom. The molecule has 0 N–H and O–H groups in total. The maximum atomic E-state index is 12.9. The van der Waals surface area contributed by atoms with Crippen LogP contribution in [-0.4, -0.2) is 17.0 Å². The maximum absolute atomic E-state index is 12.9. The maximum Gasteiger partial charge on any atom is 0.344 e. The lowest BCUT2D eigenvalue weighted by molar-refractivity contribution is 0.0526. The third kappa shape index (κ3) is 2.00. The predicted octanol–water partition coefficient (Wildman–Crippen LogP) is 3.78. The van der Waals surface area contributed by atoms with E-state index >= 15 is 0 Å². The Morgan fingerprint density at radius 3 is 2.62 bits per heavy atom. The number of fused-ring (bicyclic) bond motifs is 5. The Morgan fingerprint density at radius 1 is 1.00 bits per heavy atom. The van der Waals surface area contributed by atoms with Gasteiger partial charge in [0.15, 0.2) is 0 Å². The van der Waals surface area contributed by atoms with Gasteiger partial charge in [-0.1, -0.05) is 42.5 Å². The van der Waals surface area contributed by atoms with Crippen LogP contribution in [0.4, 0.5) is 0 Å². The number of nitrogens with zero attached hydrogens (tertiary/aromatic N) is 1. The molecule has 0 amide bonds. The highest BCUT2D eigenvalue weighted by atomic mass is 16.5. The number of benzene rings is 2. The second-order valence-electron chi connectivity index (χ2n) is 5.57. The summed E-state index contributed by atoms with van der Waals surface area (Å²) in [5.74, 6) is -0.582. The smallest absolute Gasteiger partial charge is 0.344 e. The van der Waals surface area contributed by atoms with Gasteiger partial charge < -0.3 is 4.74 Å². The monoisotopic (exact) mass is 317 g/mol. The molecule has 2 heterocycles. The fourth-order valence-electron chi connectivity index (χ4n) is 3.22. The number of pyridine rings is 2. The molecule has 0 atom stereocenters. The topological polar surface area (TPSA) is 47.8 Å². The van der Waals surface area contributed by atoms with E-state index in [0.717, 1.165) is 21.7 Å². The predicted molar refractivity (Wildman–Crippen MR) is 94.6 cm³/mol. The summed E-state index contributed by atoms with van der Waals surface area (Å²) >= 11 is 0. The van der Waals surface area contributed by atoms with E-state index in [1.807, 2.05) is 48.5 Å². The molecule has 0 saturated carbocycles. The molecule has 4 rings (SSSR count). The molecule has 2 aromatic heterocycles. The first kappa shape index (κ1) is 14.5. The van der Waals surface area contributed by atoms with Gasteiger partial charge in [-0.25, -0.2) is 4.79 Å². The number of esters is 1. The molecule has 0 spiro atoms. The minimum absolute atomic E-state index is 0.0845. The molecule has 0 radical (unpaired) electrons. The number of rotatable bonds is 2. The van der Waals surface area contributed by atoms with Crippen LogP contribution in [0.5, 0.6) is 0 Å². The lowest BCUT2D eigenvalue weighted by Gasteiger charge is -2.12. The van der Waals surface area contributed by atoms with Gasteiger partial charge in [0.05, 0.1) is 12.1 Å². The summed E-state index contributed by atoms with van der Waals surface area (Å²) in [7, 11) is 0. The SMILES string of the molecule is CCOC(=O)c1c(=O)n2ccccc2c2c1ccc1ccccc12. The van der Waals surface area contributed by atoms with Crippen molar-refractivity contribution in [2.75, 3.05) is 6.61 Å². The van der Waals surface area contributed by atoms with Gasteiger partial charge in [0.1, 0.15) is 5.56 Å². The number of carbonyl (C=O) groups is 1. The van der Waals surface area contributed by atoms with Crippen LogP contribution in [0.2, 0.25) is 0 Å². The fourth-order valence-corrected chi connectivity index (χ4v) is 3.22. The Hall–Kier alpha value is -3.14. The van der Waals surface area contributed by atoms with Gasteiger partial charge in [-0.15, -0.1) is 0 Å². The highest BCUT2D eigenvalue weighted by Gasteiger charge is 2.20. The number of hydrogen-bond acceptors (Lipinski definition) is 3. The van der Waals surface area contributed by atoms with E-state index in [-0.39, 0.29) is 17.7 Å². The summed E-state index contributed by atoms with van der Waals surface area (Å²) in [6.07, 6.45) is 1.68. The summed E-state index contributed by atoms with van der Waals surface area (Å²) in [4.78, 5) is 25.3. The van der Waals surface area contributed by atoms with Crippen LogP contribution in [0.3, 0.4) is 0 Å².